The number of hydrogen-bond acceptors (Lipinski definition) is 7. The molecule has 9 heteroatoms. The molecule has 4 heterocycles. The van der Waals surface area contributed by atoms with Crippen molar-refractivity contribution >= 4 is 17.4 Å². The molecule has 3 aromatic rings. The first-order chi connectivity index (χ1) is 12.1. The van der Waals surface area contributed by atoms with Gasteiger partial charge in [0, 0.05) is 38.3 Å². The summed E-state index contributed by atoms with van der Waals surface area (Å²) in [6.45, 7) is 3.25. The van der Waals surface area contributed by atoms with Crippen molar-refractivity contribution in [2.75, 3.05) is 13.1 Å². The summed E-state index contributed by atoms with van der Waals surface area (Å²) >= 11 is 1.31. The SMILES string of the molecule is Cc1cc(-c2snnc2[C@H]2CCCN(C(=O)c3ccnn3C)C2)on1. The third-order valence-electron chi connectivity index (χ3n) is 4.50. The van der Waals surface area contributed by atoms with Crippen molar-refractivity contribution in [1.82, 2.24) is 29.4 Å². The fraction of sp³-hybridized carbons (Fsp3) is 0.438. The number of rotatable bonds is 3. The zero-order valence-corrected chi connectivity index (χ0v) is 14.9. The molecule has 8 nitrogen and oxygen atoms in total. The van der Waals surface area contributed by atoms with E-state index in [4.69, 9.17) is 4.52 Å². The van der Waals surface area contributed by atoms with Crippen LogP contribution in [0.3, 0.4) is 0 Å². The molecule has 1 atom stereocenters. The molecule has 0 bridgehead atoms. The van der Waals surface area contributed by atoms with Crippen molar-refractivity contribution < 1.29 is 9.32 Å². The summed E-state index contributed by atoms with van der Waals surface area (Å²) in [5, 5.41) is 12.4. The topological polar surface area (TPSA) is 89.9 Å². The van der Waals surface area contributed by atoms with E-state index >= 15 is 0 Å². The van der Waals surface area contributed by atoms with Crippen LogP contribution < -0.4 is 0 Å². The Hall–Kier alpha value is -2.55. The Bertz CT molecular complexity index is 898. The van der Waals surface area contributed by atoms with Gasteiger partial charge in [0.15, 0.2) is 5.76 Å². The Morgan fingerprint density at radius 1 is 1.44 bits per heavy atom. The largest absolute Gasteiger partial charge is 0.355 e. The third kappa shape index (κ3) is 2.95. The van der Waals surface area contributed by atoms with E-state index in [9.17, 15) is 4.79 Å². The van der Waals surface area contributed by atoms with Gasteiger partial charge < -0.3 is 9.42 Å². The van der Waals surface area contributed by atoms with Gasteiger partial charge >= 0.3 is 0 Å². The maximum Gasteiger partial charge on any atom is 0.272 e. The summed E-state index contributed by atoms with van der Waals surface area (Å²) in [5.41, 5.74) is 2.32. The van der Waals surface area contributed by atoms with Crippen LogP contribution in [-0.4, -0.2) is 48.4 Å². The predicted molar refractivity (Wildman–Crippen MR) is 91.2 cm³/mol. The highest BCUT2D eigenvalue weighted by Gasteiger charge is 2.31. The lowest BCUT2D eigenvalue weighted by Gasteiger charge is -2.32. The summed E-state index contributed by atoms with van der Waals surface area (Å²) in [6.07, 6.45) is 3.55. The second kappa shape index (κ2) is 6.40. The minimum absolute atomic E-state index is 0.00458. The molecule has 0 aromatic carbocycles. The number of carbonyl (C=O) groups is 1. The number of nitrogens with zero attached hydrogens (tertiary/aromatic N) is 6. The van der Waals surface area contributed by atoms with Crippen molar-refractivity contribution in [1.29, 1.82) is 0 Å². The molecule has 1 saturated heterocycles. The highest BCUT2D eigenvalue weighted by atomic mass is 32.1. The summed E-state index contributed by atoms with van der Waals surface area (Å²) < 4.78 is 11.1. The van der Waals surface area contributed by atoms with Crippen molar-refractivity contribution in [2.45, 2.75) is 25.7 Å². The molecule has 0 unspecified atom stereocenters. The van der Waals surface area contributed by atoms with E-state index in [1.807, 2.05) is 17.9 Å². The van der Waals surface area contributed by atoms with Crippen LogP contribution in [0.1, 0.15) is 40.6 Å². The number of hydrogen-bond donors (Lipinski definition) is 0. The lowest BCUT2D eigenvalue weighted by molar-refractivity contribution is 0.0695. The summed E-state index contributed by atoms with van der Waals surface area (Å²) in [5.74, 6) is 0.840. The molecule has 0 radical (unpaired) electrons. The van der Waals surface area contributed by atoms with Gasteiger partial charge in [-0.2, -0.15) is 5.10 Å². The molecule has 4 rings (SSSR count). The molecule has 3 aromatic heterocycles. The number of piperidine rings is 1. The molecule has 1 fully saturated rings. The highest BCUT2D eigenvalue weighted by Crippen LogP contribution is 2.35. The minimum atomic E-state index is 0.00458. The van der Waals surface area contributed by atoms with Crippen LogP contribution in [0.4, 0.5) is 0 Å². The number of aryl methyl sites for hydroxylation is 2. The van der Waals surface area contributed by atoms with Gasteiger partial charge in [0.05, 0.1) is 11.4 Å². The summed E-state index contributed by atoms with van der Waals surface area (Å²) in [4.78, 5) is 15.5. The zero-order chi connectivity index (χ0) is 17.4. The van der Waals surface area contributed by atoms with E-state index in [-0.39, 0.29) is 11.8 Å². The van der Waals surface area contributed by atoms with E-state index in [1.165, 1.54) is 11.5 Å². The molecule has 0 N–H and O–H groups in total. The standard InChI is InChI=1S/C16H18N6O2S/c1-10-8-13(24-19-10)15-14(18-20-25-15)11-4-3-7-22(9-11)16(23)12-5-6-17-21(12)2/h5-6,8,11H,3-4,7,9H2,1-2H3/t11-/m0/s1. The lowest BCUT2D eigenvalue weighted by atomic mass is 9.93. The molecule has 1 amide bonds. The van der Waals surface area contributed by atoms with Gasteiger partial charge in [0.2, 0.25) is 0 Å². The molecular weight excluding hydrogens is 340 g/mol. The lowest BCUT2D eigenvalue weighted by Crippen LogP contribution is -2.40. The maximum atomic E-state index is 12.8. The highest BCUT2D eigenvalue weighted by molar-refractivity contribution is 7.09. The number of likely N-dealkylation sites (tertiary alicyclic amines) is 1. The molecule has 25 heavy (non-hydrogen) atoms. The van der Waals surface area contributed by atoms with Crippen LogP contribution in [0.5, 0.6) is 0 Å². The molecule has 1 aliphatic heterocycles. The normalized spacial score (nSPS) is 17.8. The van der Waals surface area contributed by atoms with E-state index < -0.39 is 0 Å². The fourth-order valence-corrected chi connectivity index (χ4v) is 3.93. The minimum Gasteiger partial charge on any atom is -0.355 e. The Balaban J connectivity index is 1.57. The quantitative estimate of drug-likeness (QED) is 0.713. The van der Waals surface area contributed by atoms with Gasteiger partial charge in [-0.15, -0.1) is 5.10 Å². The van der Waals surface area contributed by atoms with Gasteiger partial charge in [-0.1, -0.05) is 9.64 Å². The molecule has 0 aliphatic carbocycles. The average molecular weight is 358 g/mol. The first-order valence-electron chi connectivity index (χ1n) is 8.16. The molecule has 1 aliphatic rings. The molecule has 0 saturated carbocycles. The van der Waals surface area contributed by atoms with E-state index in [2.05, 4.69) is 19.8 Å². The van der Waals surface area contributed by atoms with Crippen LogP contribution in [0.25, 0.3) is 10.6 Å². The predicted octanol–water partition coefficient (Wildman–Crippen LogP) is 2.25. The van der Waals surface area contributed by atoms with Gasteiger partial charge in [-0.25, -0.2) is 0 Å². The first kappa shape index (κ1) is 15.9. The number of amides is 1. The number of aromatic nitrogens is 5. The van der Waals surface area contributed by atoms with Crippen LogP contribution in [0.15, 0.2) is 22.9 Å². The second-order valence-corrected chi connectivity index (χ2v) is 7.00. The van der Waals surface area contributed by atoms with Crippen molar-refractivity contribution in [3.8, 4) is 10.6 Å². The summed E-state index contributed by atoms with van der Waals surface area (Å²) in [7, 11) is 1.78. The Morgan fingerprint density at radius 2 is 2.32 bits per heavy atom. The summed E-state index contributed by atoms with van der Waals surface area (Å²) in [6, 6.07) is 3.64. The van der Waals surface area contributed by atoms with Crippen molar-refractivity contribution in [3.05, 3.63) is 35.4 Å². The molecular formula is C16H18N6O2S. The second-order valence-electron chi connectivity index (χ2n) is 6.25. The third-order valence-corrected chi connectivity index (χ3v) is 5.26. The van der Waals surface area contributed by atoms with Crippen molar-refractivity contribution in [3.63, 3.8) is 0 Å². The van der Waals surface area contributed by atoms with Gasteiger partial charge in [-0.3, -0.25) is 9.48 Å². The van der Waals surface area contributed by atoms with E-state index in [1.54, 1.807) is 24.0 Å². The van der Waals surface area contributed by atoms with Crippen LogP contribution in [0, 0.1) is 6.92 Å². The maximum absolute atomic E-state index is 12.8. The van der Waals surface area contributed by atoms with Crippen molar-refractivity contribution in [2.24, 2.45) is 7.05 Å². The van der Waals surface area contributed by atoms with Crippen LogP contribution in [0.2, 0.25) is 0 Å². The van der Waals surface area contributed by atoms with Gasteiger partial charge in [0.25, 0.3) is 5.91 Å². The van der Waals surface area contributed by atoms with E-state index in [0.717, 1.165) is 35.7 Å². The first-order valence-corrected chi connectivity index (χ1v) is 8.94. The Morgan fingerprint density at radius 3 is 3.04 bits per heavy atom. The zero-order valence-electron chi connectivity index (χ0n) is 14.0. The average Bonchev–Trinajstić information content (AvgIpc) is 3.34. The van der Waals surface area contributed by atoms with Crippen LogP contribution >= 0.6 is 11.5 Å². The van der Waals surface area contributed by atoms with E-state index in [0.29, 0.717) is 18.0 Å². The van der Waals surface area contributed by atoms with Gasteiger partial charge in [0.1, 0.15) is 10.6 Å². The smallest absolute Gasteiger partial charge is 0.272 e. The Labute approximate surface area is 148 Å². The van der Waals surface area contributed by atoms with Crippen LogP contribution in [-0.2, 0) is 7.05 Å². The Kier molecular flexibility index (Phi) is 4.08. The fourth-order valence-electron chi connectivity index (χ4n) is 3.24. The monoisotopic (exact) mass is 358 g/mol. The van der Waals surface area contributed by atoms with Gasteiger partial charge in [-0.05, 0) is 37.4 Å². The molecule has 130 valence electrons. The molecule has 0 spiro atoms. The number of carbonyl (C=O) groups excluding carboxylic acids is 1.